The highest BCUT2D eigenvalue weighted by molar-refractivity contribution is 7.99. The lowest BCUT2D eigenvalue weighted by atomic mass is 10.2. The van der Waals surface area contributed by atoms with Gasteiger partial charge in [0.2, 0.25) is 5.95 Å². The molecule has 0 saturated heterocycles. The van der Waals surface area contributed by atoms with E-state index in [1.807, 2.05) is 6.92 Å². The monoisotopic (exact) mass is 260 g/mol. The van der Waals surface area contributed by atoms with Crippen molar-refractivity contribution >= 4 is 23.7 Å². The molecule has 0 amide bonds. The van der Waals surface area contributed by atoms with E-state index in [1.54, 1.807) is 11.7 Å². The molecule has 0 radical (unpaired) electrons. The second-order valence-electron chi connectivity index (χ2n) is 3.52. The van der Waals surface area contributed by atoms with E-state index in [1.165, 1.54) is 0 Å². The number of rotatable bonds is 7. The normalized spacial score (nSPS) is 12.6. The molecule has 0 fully saturated rings. The number of carboxylic acids is 1. The van der Waals surface area contributed by atoms with E-state index in [0.29, 0.717) is 17.7 Å². The Morgan fingerprint density at radius 1 is 1.65 bits per heavy atom. The predicted octanol–water partition coefficient (Wildman–Crippen LogP) is 0.634. The van der Waals surface area contributed by atoms with E-state index >= 15 is 0 Å². The van der Waals surface area contributed by atoms with Crippen molar-refractivity contribution in [2.45, 2.75) is 24.5 Å². The summed E-state index contributed by atoms with van der Waals surface area (Å²) in [7, 11) is 1.63. The Balaban J connectivity index is 2.74. The quantitative estimate of drug-likeness (QED) is 0.693. The molecule has 1 unspecified atom stereocenters. The second kappa shape index (κ2) is 6.45. The van der Waals surface area contributed by atoms with Gasteiger partial charge in [0.1, 0.15) is 0 Å². The number of ether oxygens (including phenoxy) is 1. The van der Waals surface area contributed by atoms with Crippen LogP contribution in [0.4, 0.5) is 5.95 Å². The van der Waals surface area contributed by atoms with Crippen molar-refractivity contribution in [3.05, 3.63) is 0 Å². The fourth-order valence-electron chi connectivity index (χ4n) is 1.34. The number of methoxy groups -OCH3 is 1. The molecule has 3 N–H and O–H groups in total. The summed E-state index contributed by atoms with van der Waals surface area (Å²) < 4.78 is 6.72. The third kappa shape index (κ3) is 3.90. The summed E-state index contributed by atoms with van der Waals surface area (Å²) in [5.41, 5.74) is 5.71. The first kappa shape index (κ1) is 13.8. The van der Waals surface area contributed by atoms with Gasteiger partial charge in [0.25, 0.3) is 0 Å². The minimum absolute atomic E-state index is 0.0604. The van der Waals surface area contributed by atoms with Crippen LogP contribution in [0.25, 0.3) is 0 Å². The van der Waals surface area contributed by atoms with Crippen LogP contribution in [-0.2, 0) is 9.53 Å². The van der Waals surface area contributed by atoms with Gasteiger partial charge in [-0.1, -0.05) is 11.8 Å². The summed E-state index contributed by atoms with van der Waals surface area (Å²) in [6.45, 7) is 2.56. The molecule has 0 saturated carbocycles. The first-order valence-electron chi connectivity index (χ1n) is 5.10. The Kier molecular flexibility index (Phi) is 5.23. The van der Waals surface area contributed by atoms with Crippen molar-refractivity contribution in [2.75, 3.05) is 25.2 Å². The van der Waals surface area contributed by atoms with Gasteiger partial charge in [-0.25, -0.2) is 0 Å². The number of aromatic nitrogens is 3. The van der Waals surface area contributed by atoms with E-state index in [9.17, 15) is 4.79 Å². The molecule has 0 aliphatic heterocycles. The molecule has 0 aromatic carbocycles. The minimum atomic E-state index is -0.896. The zero-order chi connectivity index (χ0) is 12.8. The Morgan fingerprint density at radius 2 is 2.35 bits per heavy atom. The van der Waals surface area contributed by atoms with Gasteiger partial charge in [-0.2, -0.15) is 0 Å². The van der Waals surface area contributed by atoms with Crippen LogP contribution in [0.3, 0.4) is 0 Å². The zero-order valence-electron chi connectivity index (χ0n) is 9.79. The third-order valence-corrected chi connectivity index (χ3v) is 3.12. The lowest BCUT2D eigenvalue weighted by Crippen LogP contribution is -2.12. The predicted molar refractivity (Wildman–Crippen MR) is 64.0 cm³/mol. The molecule has 0 aliphatic rings. The molecule has 1 aromatic rings. The highest BCUT2D eigenvalue weighted by atomic mass is 32.2. The summed E-state index contributed by atoms with van der Waals surface area (Å²) in [4.78, 5) is 10.5. The van der Waals surface area contributed by atoms with Gasteiger partial charge < -0.3 is 15.6 Å². The van der Waals surface area contributed by atoms with E-state index in [0.717, 1.165) is 18.2 Å². The van der Waals surface area contributed by atoms with Crippen molar-refractivity contribution in [3.63, 3.8) is 0 Å². The van der Waals surface area contributed by atoms with Gasteiger partial charge in [0.05, 0.1) is 5.75 Å². The SMILES string of the molecule is COCCC(C)n1c(N)nnc1SCC(=O)O. The first-order valence-corrected chi connectivity index (χ1v) is 6.08. The maximum atomic E-state index is 10.5. The smallest absolute Gasteiger partial charge is 0.313 e. The van der Waals surface area contributed by atoms with Gasteiger partial charge >= 0.3 is 5.97 Å². The number of nitrogens with zero attached hydrogens (tertiary/aromatic N) is 3. The van der Waals surface area contributed by atoms with Crippen LogP contribution < -0.4 is 5.73 Å². The number of carbonyl (C=O) groups is 1. The minimum Gasteiger partial charge on any atom is -0.481 e. The van der Waals surface area contributed by atoms with E-state index in [4.69, 9.17) is 15.6 Å². The molecule has 1 rings (SSSR count). The molecule has 8 heteroatoms. The average Bonchev–Trinajstić information content (AvgIpc) is 2.64. The Labute approximate surface area is 103 Å². The van der Waals surface area contributed by atoms with E-state index < -0.39 is 5.97 Å². The van der Waals surface area contributed by atoms with Crippen molar-refractivity contribution < 1.29 is 14.6 Å². The van der Waals surface area contributed by atoms with E-state index in [2.05, 4.69) is 10.2 Å². The molecule has 0 aliphatic carbocycles. The number of nitrogen functional groups attached to an aromatic ring is 1. The first-order chi connectivity index (χ1) is 8.06. The summed E-state index contributed by atoms with van der Waals surface area (Å²) in [6.07, 6.45) is 0.763. The largest absolute Gasteiger partial charge is 0.481 e. The summed E-state index contributed by atoms with van der Waals surface area (Å²) >= 11 is 1.11. The lowest BCUT2D eigenvalue weighted by Gasteiger charge is -2.15. The van der Waals surface area contributed by atoms with Crippen LogP contribution >= 0.6 is 11.8 Å². The Bertz CT molecular complexity index is 382. The number of anilines is 1. The van der Waals surface area contributed by atoms with Crippen LogP contribution in [0.5, 0.6) is 0 Å². The molecular weight excluding hydrogens is 244 g/mol. The van der Waals surface area contributed by atoms with Crippen LogP contribution in [-0.4, -0.2) is 45.3 Å². The molecule has 0 bridgehead atoms. The highest BCUT2D eigenvalue weighted by Gasteiger charge is 2.16. The van der Waals surface area contributed by atoms with Crippen LogP contribution in [0, 0.1) is 0 Å². The van der Waals surface area contributed by atoms with Gasteiger partial charge in [-0.05, 0) is 13.3 Å². The van der Waals surface area contributed by atoms with Crippen LogP contribution in [0.15, 0.2) is 5.16 Å². The van der Waals surface area contributed by atoms with Gasteiger partial charge in [0, 0.05) is 19.8 Å². The van der Waals surface area contributed by atoms with Crippen molar-refractivity contribution in [1.29, 1.82) is 0 Å². The van der Waals surface area contributed by atoms with Crippen LogP contribution in [0.1, 0.15) is 19.4 Å². The molecule has 1 aromatic heterocycles. The van der Waals surface area contributed by atoms with Crippen molar-refractivity contribution in [3.8, 4) is 0 Å². The summed E-state index contributed by atoms with van der Waals surface area (Å²) in [5.74, 6) is -0.663. The number of carboxylic acid groups (broad SMARTS) is 1. The molecule has 0 spiro atoms. The zero-order valence-corrected chi connectivity index (χ0v) is 10.6. The molecule has 96 valence electrons. The fraction of sp³-hybridized carbons (Fsp3) is 0.667. The van der Waals surface area contributed by atoms with Crippen molar-refractivity contribution in [1.82, 2.24) is 14.8 Å². The number of hydrogen-bond acceptors (Lipinski definition) is 6. The fourth-order valence-corrected chi connectivity index (χ4v) is 2.11. The number of nitrogens with two attached hydrogens (primary N) is 1. The number of hydrogen-bond donors (Lipinski definition) is 2. The molecular formula is C9H16N4O3S. The average molecular weight is 260 g/mol. The van der Waals surface area contributed by atoms with Crippen molar-refractivity contribution in [2.24, 2.45) is 0 Å². The lowest BCUT2D eigenvalue weighted by molar-refractivity contribution is -0.133. The molecule has 7 nitrogen and oxygen atoms in total. The van der Waals surface area contributed by atoms with Crippen LogP contribution in [0.2, 0.25) is 0 Å². The standard InChI is InChI=1S/C9H16N4O3S/c1-6(3-4-16-2)13-8(10)11-12-9(13)17-5-7(14)15/h6H,3-5H2,1-2H3,(H2,10,11)(H,14,15). The third-order valence-electron chi connectivity index (χ3n) is 2.20. The second-order valence-corrected chi connectivity index (χ2v) is 4.47. The van der Waals surface area contributed by atoms with Gasteiger partial charge in [-0.15, -0.1) is 10.2 Å². The maximum absolute atomic E-state index is 10.5. The van der Waals surface area contributed by atoms with Gasteiger partial charge in [0.15, 0.2) is 5.16 Å². The van der Waals surface area contributed by atoms with Gasteiger partial charge in [-0.3, -0.25) is 9.36 Å². The molecule has 1 atom stereocenters. The Morgan fingerprint density at radius 3 is 2.94 bits per heavy atom. The number of thioether (sulfide) groups is 1. The topological polar surface area (TPSA) is 103 Å². The highest BCUT2D eigenvalue weighted by Crippen LogP contribution is 2.24. The molecule has 17 heavy (non-hydrogen) atoms. The maximum Gasteiger partial charge on any atom is 0.313 e. The summed E-state index contributed by atoms with van der Waals surface area (Å²) in [5, 5.41) is 16.8. The Hall–Kier alpha value is -1.28. The number of aliphatic carboxylic acids is 1. The van der Waals surface area contributed by atoms with E-state index in [-0.39, 0.29) is 11.8 Å². The molecule has 1 heterocycles. The summed E-state index contributed by atoms with van der Waals surface area (Å²) in [6, 6.07) is 0.0706.